The first kappa shape index (κ1) is 14.7. The summed E-state index contributed by atoms with van der Waals surface area (Å²) in [4.78, 5) is 16.7. The maximum absolute atomic E-state index is 12.0. The van der Waals surface area contributed by atoms with E-state index in [2.05, 4.69) is 31.2 Å². The highest BCUT2D eigenvalue weighted by Crippen LogP contribution is 2.31. The van der Waals surface area contributed by atoms with Gasteiger partial charge in [0.1, 0.15) is 4.38 Å². The summed E-state index contributed by atoms with van der Waals surface area (Å²) in [5, 5.41) is 0.268. The topological polar surface area (TPSA) is 29.4 Å². The first-order valence-corrected chi connectivity index (χ1v) is 8.47. The SMILES string of the molecule is CCSC1=N[C@@H](CCc2ccccc2)[C@@H](C)C(=O)S1. The molecule has 0 N–H and O–H groups in total. The molecule has 0 unspecified atom stereocenters. The number of thioether (sulfide) groups is 2. The molecule has 0 radical (unpaired) electrons. The molecule has 1 aromatic carbocycles. The fourth-order valence-corrected chi connectivity index (χ4v) is 4.07. The van der Waals surface area contributed by atoms with Crippen molar-refractivity contribution in [2.24, 2.45) is 10.9 Å². The number of carbonyl (C=O) groups excluding carboxylic acids is 1. The molecule has 0 saturated carbocycles. The molecule has 2 nitrogen and oxygen atoms in total. The van der Waals surface area contributed by atoms with Crippen LogP contribution in [0.15, 0.2) is 35.3 Å². The Morgan fingerprint density at radius 3 is 2.74 bits per heavy atom. The van der Waals surface area contributed by atoms with Gasteiger partial charge in [-0.3, -0.25) is 9.79 Å². The average Bonchev–Trinajstić information content (AvgIpc) is 2.42. The van der Waals surface area contributed by atoms with Gasteiger partial charge in [0.05, 0.1) is 6.04 Å². The number of hydrogen-bond acceptors (Lipinski definition) is 4. The molecule has 0 aliphatic carbocycles. The zero-order valence-corrected chi connectivity index (χ0v) is 13.0. The molecule has 0 fully saturated rings. The molecule has 0 bridgehead atoms. The molecule has 1 aliphatic heterocycles. The highest BCUT2D eigenvalue weighted by molar-refractivity contribution is 8.44. The quantitative estimate of drug-likeness (QED) is 0.840. The zero-order chi connectivity index (χ0) is 13.7. The number of carbonyl (C=O) groups is 1. The Morgan fingerprint density at radius 1 is 1.32 bits per heavy atom. The van der Waals surface area contributed by atoms with Crippen LogP contribution in [0.1, 0.15) is 25.8 Å². The summed E-state index contributed by atoms with van der Waals surface area (Å²) in [5.41, 5.74) is 1.32. The normalized spacial score (nSPS) is 23.3. The number of benzene rings is 1. The molecular formula is C15H19NOS2. The second-order valence-corrected chi connectivity index (χ2v) is 7.13. The number of aliphatic imine (C=N–C) groups is 1. The monoisotopic (exact) mass is 293 g/mol. The summed E-state index contributed by atoms with van der Waals surface area (Å²) in [7, 11) is 0. The van der Waals surface area contributed by atoms with Gasteiger partial charge in [0.15, 0.2) is 0 Å². The van der Waals surface area contributed by atoms with Crippen molar-refractivity contribution in [3.8, 4) is 0 Å². The van der Waals surface area contributed by atoms with Crippen LogP contribution in [-0.2, 0) is 11.2 Å². The van der Waals surface area contributed by atoms with E-state index in [1.54, 1.807) is 11.8 Å². The van der Waals surface area contributed by atoms with Gasteiger partial charge in [-0.1, -0.05) is 55.9 Å². The molecule has 1 aliphatic rings. The van der Waals surface area contributed by atoms with Crippen LogP contribution in [0.4, 0.5) is 0 Å². The Balaban J connectivity index is 2.00. The van der Waals surface area contributed by atoms with E-state index >= 15 is 0 Å². The van der Waals surface area contributed by atoms with Crippen molar-refractivity contribution in [1.82, 2.24) is 0 Å². The molecule has 0 aromatic heterocycles. The lowest BCUT2D eigenvalue weighted by atomic mass is 9.96. The molecule has 0 spiro atoms. The van der Waals surface area contributed by atoms with Crippen molar-refractivity contribution in [3.05, 3.63) is 35.9 Å². The second kappa shape index (κ2) is 7.15. The van der Waals surface area contributed by atoms with Crippen LogP contribution in [-0.4, -0.2) is 21.3 Å². The summed E-state index contributed by atoms with van der Waals surface area (Å²) >= 11 is 2.99. The minimum atomic E-state index is 0.0370. The molecule has 102 valence electrons. The highest BCUT2D eigenvalue weighted by Gasteiger charge is 2.30. The lowest BCUT2D eigenvalue weighted by Crippen LogP contribution is -2.28. The maximum atomic E-state index is 12.0. The average molecular weight is 293 g/mol. The Kier molecular flexibility index (Phi) is 5.52. The van der Waals surface area contributed by atoms with E-state index in [4.69, 9.17) is 4.99 Å². The minimum Gasteiger partial charge on any atom is -0.286 e. The lowest BCUT2D eigenvalue weighted by Gasteiger charge is -2.24. The predicted octanol–water partition coefficient (Wildman–Crippen LogP) is 4.01. The van der Waals surface area contributed by atoms with Gasteiger partial charge < -0.3 is 0 Å². The molecule has 2 atom stereocenters. The van der Waals surface area contributed by atoms with Gasteiger partial charge in [-0.05, 0) is 35.9 Å². The zero-order valence-electron chi connectivity index (χ0n) is 11.3. The number of rotatable bonds is 4. The standard InChI is InChI=1S/C15H19NOS2/c1-3-18-15-16-13(11(2)14(17)19-15)10-9-12-7-5-4-6-8-12/h4-8,11,13H,3,9-10H2,1-2H3/t11-,13+/m1/s1. The molecule has 4 heteroatoms. The third-order valence-corrected chi connectivity index (χ3v) is 5.35. The van der Waals surface area contributed by atoms with E-state index in [0.29, 0.717) is 0 Å². The smallest absolute Gasteiger partial charge is 0.200 e. The summed E-state index contributed by atoms with van der Waals surface area (Å²) in [6.45, 7) is 4.09. The molecule has 0 saturated heterocycles. The van der Waals surface area contributed by atoms with Gasteiger partial charge >= 0.3 is 0 Å². The molecule has 1 heterocycles. The number of hydrogen-bond donors (Lipinski definition) is 0. The summed E-state index contributed by atoms with van der Waals surface area (Å²) < 4.78 is 0.948. The maximum Gasteiger partial charge on any atom is 0.200 e. The van der Waals surface area contributed by atoms with Gasteiger partial charge in [-0.2, -0.15) is 0 Å². The van der Waals surface area contributed by atoms with Crippen molar-refractivity contribution >= 4 is 33.0 Å². The van der Waals surface area contributed by atoms with E-state index in [1.807, 2.05) is 13.0 Å². The van der Waals surface area contributed by atoms with Gasteiger partial charge in [0.2, 0.25) is 5.12 Å². The van der Waals surface area contributed by atoms with Crippen molar-refractivity contribution in [1.29, 1.82) is 0 Å². The van der Waals surface area contributed by atoms with Crippen LogP contribution >= 0.6 is 23.5 Å². The highest BCUT2D eigenvalue weighted by atomic mass is 32.2. The van der Waals surface area contributed by atoms with Crippen molar-refractivity contribution < 1.29 is 4.79 Å². The summed E-state index contributed by atoms with van der Waals surface area (Å²) in [6, 6.07) is 10.6. The largest absolute Gasteiger partial charge is 0.286 e. The molecule has 2 rings (SSSR count). The third kappa shape index (κ3) is 4.11. The van der Waals surface area contributed by atoms with Gasteiger partial charge in [-0.25, -0.2) is 0 Å². The number of aryl methyl sites for hydroxylation is 1. The summed E-state index contributed by atoms with van der Waals surface area (Å²) in [5.74, 6) is 1.01. The van der Waals surface area contributed by atoms with Crippen LogP contribution in [0.5, 0.6) is 0 Å². The molecular weight excluding hydrogens is 274 g/mol. The lowest BCUT2D eigenvalue weighted by molar-refractivity contribution is -0.114. The van der Waals surface area contributed by atoms with Crippen LogP contribution in [0.2, 0.25) is 0 Å². The Hall–Kier alpha value is -0.740. The van der Waals surface area contributed by atoms with Crippen LogP contribution in [0.25, 0.3) is 0 Å². The van der Waals surface area contributed by atoms with Crippen LogP contribution in [0, 0.1) is 5.92 Å². The van der Waals surface area contributed by atoms with E-state index in [9.17, 15) is 4.79 Å². The Labute approximate surface area is 123 Å². The summed E-state index contributed by atoms with van der Waals surface area (Å²) in [6.07, 6.45) is 1.94. The second-order valence-electron chi connectivity index (χ2n) is 4.63. The van der Waals surface area contributed by atoms with Gasteiger partial charge in [0.25, 0.3) is 0 Å². The van der Waals surface area contributed by atoms with Gasteiger partial charge in [-0.15, -0.1) is 0 Å². The first-order valence-electron chi connectivity index (χ1n) is 6.67. The first-order chi connectivity index (χ1) is 9.20. The van der Waals surface area contributed by atoms with Gasteiger partial charge in [0, 0.05) is 5.92 Å². The molecule has 1 aromatic rings. The Bertz CT molecular complexity index is 458. The predicted molar refractivity (Wildman–Crippen MR) is 85.9 cm³/mol. The van der Waals surface area contributed by atoms with Crippen molar-refractivity contribution in [2.45, 2.75) is 32.7 Å². The minimum absolute atomic E-state index is 0.0370. The Morgan fingerprint density at radius 2 is 2.05 bits per heavy atom. The van der Waals surface area contributed by atoms with Crippen molar-refractivity contribution in [3.63, 3.8) is 0 Å². The molecule has 19 heavy (non-hydrogen) atoms. The number of nitrogens with zero attached hydrogens (tertiary/aromatic N) is 1. The van der Waals surface area contributed by atoms with E-state index < -0.39 is 0 Å². The fraction of sp³-hybridized carbons (Fsp3) is 0.467. The van der Waals surface area contributed by atoms with Crippen LogP contribution in [0.3, 0.4) is 0 Å². The van der Waals surface area contributed by atoms with Crippen LogP contribution < -0.4 is 0 Å². The third-order valence-electron chi connectivity index (χ3n) is 3.25. The van der Waals surface area contributed by atoms with Crippen molar-refractivity contribution in [2.75, 3.05) is 5.75 Å². The fourth-order valence-electron chi connectivity index (χ4n) is 2.07. The van der Waals surface area contributed by atoms with E-state index in [1.165, 1.54) is 17.3 Å². The molecule has 0 amide bonds. The van der Waals surface area contributed by atoms with E-state index in [0.717, 1.165) is 23.0 Å². The van der Waals surface area contributed by atoms with E-state index in [-0.39, 0.29) is 17.1 Å².